The zero-order valence-electron chi connectivity index (χ0n) is 19.5. The van der Waals surface area contributed by atoms with Crippen LogP contribution in [0.3, 0.4) is 0 Å². The molecule has 4 unspecified atom stereocenters. The van der Waals surface area contributed by atoms with Crippen LogP contribution in [-0.2, 0) is 33.4 Å². The average molecular weight is 543 g/mol. The van der Waals surface area contributed by atoms with Crippen LogP contribution >= 0.6 is 0 Å². The Balaban J connectivity index is 0. The molecule has 0 aromatic heterocycles. The molecular weight excluding hydrogens is 484 g/mol. The highest BCUT2D eigenvalue weighted by Crippen LogP contribution is 2.65. The number of rotatable bonds is 5. The summed E-state index contributed by atoms with van der Waals surface area (Å²) in [4.78, 5) is 50.6. The molecule has 4 aliphatic carbocycles. The molecule has 4 saturated carbocycles. The van der Waals surface area contributed by atoms with Gasteiger partial charge in [0.2, 0.25) is 0 Å². The van der Waals surface area contributed by atoms with Gasteiger partial charge in [0, 0.05) is 6.42 Å². The molecule has 4 bridgehead atoms. The Morgan fingerprint density at radius 2 is 1.42 bits per heavy atom. The van der Waals surface area contributed by atoms with Gasteiger partial charge < -0.3 is 14.2 Å². The van der Waals surface area contributed by atoms with E-state index in [0.717, 1.165) is 37.5 Å². The van der Waals surface area contributed by atoms with Crippen LogP contribution in [0.4, 0.5) is 0 Å². The van der Waals surface area contributed by atoms with E-state index < -0.39 is 40.6 Å². The fourth-order valence-corrected chi connectivity index (χ4v) is 8.20. The van der Waals surface area contributed by atoms with Gasteiger partial charge in [0.15, 0.2) is 0 Å². The summed E-state index contributed by atoms with van der Waals surface area (Å²) in [5.41, 5.74) is -2.34. The highest BCUT2D eigenvalue weighted by Gasteiger charge is 2.66. The summed E-state index contributed by atoms with van der Waals surface area (Å²) >= 11 is 0. The molecule has 6 fully saturated rings. The predicted octanol–water partition coefficient (Wildman–Crippen LogP) is 7.25. The summed E-state index contributed by atoms with van der Waals surface area (Å²) in [6.45, 7) is 5.20. The summed E-state index contributed by atoms with van der Waals surface area (Å²) in [6, 6.07) is 0. The van der Waals surface area contributed by atoms with Crippen LogP contribution in [0.25, 0.3) is 0 Å². The highest BCUT2D eigenvalue weighted by atomic mass is 16.6. The molecule has 7 heteroatoms. The van der Waals surface area contributed by atoms with Crippen LogP contribution in [0.2, 0.25) is 0 Å². The van der Waals surface area contributed by atoms with Gasteiger partial charge in [0.25, 0.3) is 0 Å². The van der Waals surface area contributed by atoms with Crippen molar-refractivity contribution in [1.29, 1.82) is 0 Å². The monoisotopic (exact) mass is 542 g/mol. The van der Waals surface area contributed by atoms with E-state index in [0.29, 0.717) is 24.7 Å². The van der Waals surface area contributed by atoms with E-state index in [1.54, 1.807) is 13.8 Å². The van der Waals surface area contributed by atoms with E-state index in [1.165, 1.54) is 13.5 Å². The summed E-state index contributed by atoms with van der Waals surface area (Å²) in [6.07, 6.45) is 7.28. The van der Waals surface area contributed by atoms with Crippen molar-refractivity contribution in [3.8, 4) is 0 Å². The first-order valence-corrected chi connectivity index (χ1v) is 12.1. The van der Waals surface area contributed by atoms with Gasteiger partial charge in [-0.25, -0.2) is 0 Å². The molecule has 0 amide bonds. The number of cyclic esters (lactones) is 2. The molecule has 0 N–H and O–H groups in total. The number of carbonyl (C=O) groups excluding carboxylic acids is 4. The average Bonchev–Trinajstić information content (AvgIpc) is 3.16. The third kappa shape index (κ3) is 5.28. The first kappa shape index (κ1) is 38.2. The maximum absolute atomic E-state index is 13.3. The molecule has 0 radical (unpaired) electrons. The lowest BCUT2D eigenvalue weighted by Gasteiger charge is -2.59. The Bertz CT molecular complexity index is 851. The van der Waals surface area contributed by atoms with Gasteiger partial charge in [-0.2, -0.15) is 0 Å². The zero-order chi connectivity index (χ0) is 23.1. The standard InChI is InChI=1S/C25H34O7.6CH4/c1-13-18(20(27)31-19(13)26)24(3,22(29)30-4)6-5-23(2)12-25(32-21(23)28)16-8-14-7-15(10-16)11-17(25)9-14;;;;;;/h13-18H,5-12H2,1-4H3;6*1H4. The van der Waals surface area contributed by atoms with Gasteiger partial charge in [-0.15, -0.1) is 0 Å². The van der Waals surface area contributed by atoms with Crippen LogP contribution in [0, 0.1) is 46.3 Å². The van der Waals surface area contributed by atoms with Gasteiger partial charge in [0.1, 0.15) is 5.60 Å². The van der Waals surface area contributed by atoms with Crippen molar-refractivity contribution < 1.29 is 33.4 Å². The minimum absolute atomic E-state index is 0. The largest absolute Gasteiger partial charge is 0.469 e. The molecular formula is C31H58O7. The molecule has 0 aromatic carbocycles. The molecule has 2 heterocycles. The van der Waals surface area contributed by atoms with Gasteiger partial charge in [0.05, 0.1) is 29.8 Å². The van der Waals surface area contributed by atoms with Crippen molar-refractivity contribution in [3.05, 3.63) is 0 Å². The minimum atomic E-state index is -1.25. The van der Waals surface area contributed by atoms with Crippen LogP contribution in [-0.4, -0.2) is 36.6 Å². The molecule has 6 aliphatic rings. The lowest BCUT2D eigenvalue weighted by atomic mass is 9.48. The van der Waals surface area contributed by atoms with Crippen LogP contribution in [0.5, 0.6) is 0 Å². The summed E-state index contributed by atoms with van der Waals surface area (Å²) in [5.74, 6) is -1.24. The number of methoxy groups -OCH3 is 1. The molecule has 0 aromatic rings. The van der Waals surface area contributed by atoms with Crippen molar-refractivity contribution in [3.63, 3.8) is 0 Å². The highest BCUT2D eigenvalue weighted by molar-refractivity contribution is 5.99. The van der Waals surface area contributed by atoms with E-state index in [4.69, 9.17) is 14.2 Å². The lowest BCUT2D eigenvalue weighted by Crippen LogP contribution is -2.57. The summed E-state index contributed by atoms with van der Waals surface area (Å²) in [7, 11) is 1.28. The molecule has 2 saturated heterocycles. The zero-order valence-corrected chi connectivity index (χ0v) is 19.5. The second-order valence-corrected chi connectivity index (χ2v) is 11.8. The Kier molecular flexibility index (Phi) is 12.6. The molecule has 4 atom stereocenters. The smallest absolute Gasteiger partial charge is 0.318 e. The van der Waals surface area contributed by atoms with E-state index in [1.807, 2.05) is 6.92 Å². The maximum atomic E-state index is 13.3. The Labute approximate surface area is 233 Å². The van der Waals surface area contributed by atoms with Crippen molar-refractivity contribution in [2.75, 3.05) is 7.11 Å². The van der Waals surface area contributed by atoms with Crippen molar-refractivity contribution in [2.24, 2.45) is 46.3 Å². The topological polar surface area (TPSA) is 96.0 Å². The molecule has 2 aliphatic heterocycles. The fraction of sp³-hybridized carbons (Fsp3) is 0.871. The van der Waals surface area contributed by atoms with Crippen LogP contribution in [0.1, 0.15) is 117 Å². The van der Waals surface area contributed by atoms with Gasteiger partial charge in [-0.1, -0.05) is 51.5 Å². The van der Waals surface area contributed by atoms with Gasteiger partial charge >= 0.3 is 23.9 Å². The normalized spacial score (nSPS) is 39.0. The third-order valence-electron chi connectivity index (χ3n) is 9.82. The van der Waals surface area contributed by atoms with E-state index in [-0.39, 0.29) is 62.6 Å². The quantitative estimate of drug-likeness (QED) is 0.205. The maximum Gasteiger partial charge on any atom is 0.318 e. The lowest BCUT2D eigenvalue weighted by molar-refractivity contribution is -0.191. The Morgan fingerprint density at radius 3 is 1.84 bits per heavy atom. The van der Waals surface area contributed by atoms with Gasteiger partial charge in [-0.05, 0) is 82.5 Å². The van der Waals surface area contributed by atoms with Crippen molar-refractivity contribution in [1.82, 2.24) is 0 Å². The number of carbonyl (C=O) groups is 4. The van der Waals surface area contributed by atoms with Crippen LogP contribution < -0.4 is 0 Å². The minimum Gasteiger partial charge on any atom is -0.469 e. The predicted molar refractivity (Wildman–Crippen MR) is 152 cm³/mol. The molecule has 1 spiro atoms. The van der Waals surface area contributed by atoms with Gasteiger partial charge in [-0.3, -0.25) is 19.2 Å². The fourth-order valence-electron chi connectivity index (χ4n) is 8.20. The van der Waals surface area contributed by atoms with Crippen molar-refractivity contribution >= 4 is 23.9 Å². The second-order valence-electron chi connectivity index (χ2n) is 11.8. The molecule has 224 valence electrons. The first-order chi connectivity index (χ1) is 15.0. The molecule has 6 rings (SSSR count). The third-order valence-corrected chi connectivity index (χ3v) is 9.82. The van der Waals surface area contributed by atoms with E-state index in [9.17, 15) is 19.2 Å². The SMILES string of the molecule is C.C.C.C.C.C.COC(=O)C(C)(CCC1(C)CC2(OC1=O)C1CC3CC(C1)CC2C3)C1C(=O)OC(=O)C1C. The summed E-state index contributed by atoms with van der Waals surface area (Å²) in [5, 5.41) is 0. The Hall–Kier alpha value is -1.92. The number of esters is 4. The second kappa shape index (κ2) is 12.5. The molecule has 38 heavy (non-hydrogen) atoms. The Morgan fingerprint density at radius 1 is 0.921 bits per heavy atom. The first-order valence-electron chi connectivity index (χ1n) is 12.1. The number of ether oxygens (including phenoxy) is 3. The number of hydrogen-bond acceptors (Lipinski definition) is 7. The molecule has 7 nitrogen and oxygen atoms in total. The summed E-state index contributed by atoms with van der Waals surface area (Å²) < 4.78 is 16.1. The van der Waals surface area contributed by atoms with E-state index >= 15 is 0 Å². The number of hydrogen-bond donors (Lipinski definition) is 0. The van der Waals surface area contributed by atoms with E-state index in [2.05, 4.69) is 0 Å². The van der Waals surface area contributed by atoms with Crippen molar-refractivity contribution in [2.45, 2.75) is 122 Å². The van der Waals surface area contributed by atoms with Crippen LogP contribution in [0.15, 0.2) is 0 Å².